The Morgan fingerprint density at radius 2 is 1.84 bits per heavy atom. The number of carbonyl (C=O) groups excluding carboxylic acids is 1. The first-order chi connectivity index (χ1) is 15.5. The van der Waals surface area contributed by atoms with Gasteiger partial charge in [0.05, 0.1) is 25.3 Å². The Kier molecular flexibility index (Phi) is 6.30. The number of methoxy groups -OCH3 is 1. The largest absolute Gasteiger partial charge is 0.497 e. The fourth-order valence-corrected chi connectivity index (χ4v) is 3.43. The van der Waals surface area contributed by atoms with E-state index >= 15 is 0 Å². The van der Waals surface area contributed by atoms with E-state index in [0.717, 1.165) is 29.0 Å². The highest BCUT2D eigenvalue weighted by Crippen LogP contribution is 2.14. The number of rotatable bonds is 8. The number of carbonyl (C=O) groups is 1. The number of nitrogens with zero attached hydrogens (tertiary/aromatic N) is 4. The minimum absolute atomic E-state index is 0.110. The molecule has 8 nitrogen and oxygen atoms in total. The van der Waals surface area contributed by atoms with Crippen LogP contribution in [0.25, 0.3) is 16.7 Å². The van der Waals surface area contributed by atoms with Gasteiger partial charge in [0.1, 0.15) is 11.1 Å². The first-order valence-corrected chi connectivity index (χ1v) is 10.4. The van der Waals surface area contributed by atoms with E-state index in [1.165, 1.54) is 17.1 Å². The van der Waals surface area contributed by atoms with Crippen LogP contribution in [0, 0.1) is 6.92 Å². The molecule has 8 heteroatoms. The third-order valence-corrected chi connectivity index (χ3v) is 5.31. The number of aromatic nitrogens is 4. The zero-order chi connectivity index (χ0) is 22.5. The van der Waals surface area contributed by atoms with Gasteiger partial charge in [-0.25, -0.2) is 9.67 Å². The van der Waals surface area contributed by atoms with Gasteiger partial charge in [0.15, 0.2) is 5.65 Å². The molecule has 0 bridgehead atoms. The number of aryl methyl sites for hydroxylation is 2. The summed E-state index contributed by atoms with van der Waals surface area (Å²) in [5, 5.41) is 7.64. The Balaban J connectivity index is 1.35. The molecule has 0 spiro atoms. The van der Waals surface area contributed by atoms with Gasteiger partial charge in [-0.3, -0.25) is 14.2 Å². The van der Waals surface area contributed by atoms with Gasteiger partial charge in [0.2, 0.25) is 5.91 Å². The first-order valence-electron chi connectivity index (χ1n) is 10.4. The predicted molar refractivity (Wildman–Crippen MR) is 122 cm³/mol. The third-order valence-electron chi connectivity index (χ3n) is 5.31. The van der Waals surface area contributed by atoms with E-state index < -0.39 is 0 Å². The molecular formula is C24H25N5O3. The zero-order valence-electron chi connectivity index (χ0n) is 18.1. The molecule has 0 aliphatic rings. The summed E-state index contributed by atoms with van der Waals surface area (Å²) in [5.41, 5.74) is 3.38. The van der Waals surface area contributed by atoms with Crippen LogP contribution in [-0.4, -0.2) is 38.9 Å². The van der Waals surface area contributed by atoms with Crippen molar-refractivity contribution in [2.24, 2.45) is 0 Å². The lowest BCUT2D eigenvalue weighted by atomic mass is 10.1. The summed E-state index contributed by atoms with van der Waals surface area (Å²) in [4.78, 5) is 29.5. The van der Waals surface area contributed by atoms with Crippen molar-refractivity contribution in [2.75, 3.05) is 13.7 Å². The molecule has 4 rings (SSSR count). The molecule has 0 saturated heterocycles. The summed E-state index contributed by atoms with van der Waals surface area (Å²) in [7, 11) is 1.63. The van der Waals surface area contributed by atoms with Gasteiger partial charge in [-0.15, -0.1) is 0 Å². The first kappa shape index (κ1) is 21.3. The van der Waals surface area contributed by atoms with E-state index in [0.29, 0.717) is 17.6 Å². The second kappa shape index (κ2) is 9.47. The zero-order valence-corrected chi connectivity index (χ0v) is 18.1. The molecule has 2 aromatic heterocycles. The molecule has 4 aromatic rings. The number of nitrogens with one attached hydrogen (secondary N) is 1. The maximum absolute atomic E-state index is 12.8. The topological polar surface area (TPSA) is 91.0 Å². The Morgan fingerprint density at radius 3 is 2.56 bits per heavy atom. The molecule has 0 atom stereocenters. The van der Waals surface area contributed by atoms with Crippen molar-refractivity contribution in [1.29, 1.82) is 0 Å². The van der Waals surface area contributed by atoms with Crippen LogP contribution in [0.4, 0.5) is 0 Å². The van der Waals surface area contributed by atoms with E-state index in [-0.39, 0.29) is 24.4 Å². The van der Waals surface area contributed by atoms with Crippen molar-refractivity contribution >= 4 is 16.9 Å². The Morgan fingerprint density at radius 1 is 1.09 bits per heavy atom. The van der Waals surface area contributed by atoms with Crippen molar-refractivity contribution < 1.29 is 9.53 Å². The molecule has 0 unspecified atom stereocenters. The Bertz CT molecular complexity index is 1270. The standard InChI is InChI=1S/C24H25N5O3/c1-17-3-7-19(8-4-17)29-23-21(15-27-29)24(31)28(16-26-23)14-12-22(30)25-13-11-18-5-9-20(32-2)10-6-18/h3-10,15-16H,11-14H2,1-2H3,(H,25,30). The fourth-order valence-electron chi connectivity index (χ4n) is 3.43. The van der Waals surface area contributed by atoms with Gasteiger partial charge in [-0.1, -0.05) is 29.8 Å². The van der Waals surface area contributed by atoms with Gasteiger partial charge in [0.25, 0.3) is 5.56 Å². The summed E-state index contributed by atoms with van der Waals surface area (Å²) in [6.45, 7) is 2.80. The van der Waals surface area contributed by atoms with Crippen LogP contribution in [0.5, 0.6) is 5.75 Å². The Hall–Kier alpha value is -3.94. The normalized spacial score (nSPS) is 10.9. The summed E-state index contributed by atoms with van der Waals surface area (Å²) in [6.07, 6.45) is 3.92. The number of amides is 1. The average Bonchev–Trinajstić information content (AvgIpc) is 3.24. The van der Waals surface area contributed by atoms with E-state index in [9.17, 15) is 9.59 Å². The lowest BCUT2D eigenvalue weighted by molar-refractivity contribution is -0.121. The summed E-state index contributed by atoms with van der Waals surface area (Å²) < 4.78 is 8.24. The van der Waals surface area contributed by atoms with Crippen molar-refractivity contribution in [2.45, 2.75) is 26.3 Å². The SMILES string of the molecule is COc1ccc(CCNC(=O)CCn2cnc3c(cnn3-c3ccc(C)cc3)c2=O)cc1. The molecule has 0 fully saturated rings. The molecule has 1 N–H and O–H groups in total. The van der Waals surface area contributed by atoms with Crippen LogP contribution in [0.2, 0.25) is 0 Å². The maximum atomic E-state index is 12.8. The second-order valence-electron chi connectivity index (χ2n) is 7.57. The van der Waals surface area contributed by atoms with Gasteiger partial charge in [0, 0.05) is 19.5 Å². The molecule has 0 saturated carbocycles. The van der Waals surface area contributed by atoms with Crippen molar-refractivity contribution in [3.63, 3.8) is 0 Å². The maximum Gasteiger partial charge on any atom is 0.264 e. The summed E-state index contributed by atoms with van der Waals surface area (Å²) in [5.74, 6) is 0.694. The highest BCUT2D eigenvalue weighted by atomic mass is 16.5. The van der Waals surface area contributed by atoms with E-state index in [1.54, 1.807) is 11.8 Å². The molecule has 2 heterocycles. The highest BCUT2D eigenvalue weighted by molar-refractivity contribution is 5.76. The van der Waals surface area contributed by atoms with Crippen molar-refractivity contribution in [3.05, 3.63) is 82.5 Å². The summed E-state index contributed by atoms with van der Waals surface area (Å²) >= 11 is 0. The van der Waals surface area contributed by atoms with Crippen LogP contribution in [0.15, 0.2) is 65.8 Å². The Labute approximate surface area is 185 Å². The smallest absolute Gasteiger partial charge is 0.264 e. The molecular weight excluding hydrogens is 406 g/mol. The predicted octanol–water partition coefficient (Wildman–Crippen LogP) is 2.65. The van der Waals surface area contributed by atoms with E-state index in [4.69, 9.17) is 4.74 Å². The van der Waals surface area contributed by atoms with Gasteiger partial charge >= 0.3 is 0 Å². The monoisotopic (exact) mass is 431 g/mol. The molecule has 0 aliphatic carbocycles. The lowest BCUT2D eigenvalue weighted by Gasteiger charge is -2.08. The molecule has 0 radical (unpaired) electrons. The fraction of sp³-hybridized carbons (Fsp3) is 0.250. The summed E-state index contributed by atoms with van der Waals surface area (Å²) in [6, 6.07) is 15.6. The van der Waals surface area contributed by atoms with Gasteiger partial charge < -0.3 is 10.1 Å². The minimum atomic E-state index is -0.209. The van der Waals surface area contributed by atoms with Crippen LogP contribution >= 0.6 is 0 Å². The van der Waals surface area contributed by atoms with Gasteiger partial charge in [-0.05, 0) is 43.2 Å². The molecule has 2 aromatic carbocycles. The molecule has 0 aliphatic heterocycles. The number of benzene rings is 2. The number of hydrogen-bond donors (Lipinski definition) is 1. The third kappa shape index (κ3) is 4.69. The molecule has 32 heavy (non-hydrogen) atoms. The molecule has 164 valence electrons. The minimum Gasteiger partial charge on any atom is -0.497 e. The van der Waals surface area contributed by atoms with Crippen LogP contribution in [0.3, 0.4) is 0 Å². The number of hydrogen-bond acceptors (Lipinski definition) is 5. The van der Waals surface area contributed by atoms with Gasteiger partial charge in [-0.2, -0.15) is 5.10 Å². The number of fused-ring (bicyclic) bond motifs is 1. The second-order valence-corrected chi connectivity index (χ2v) is 7.57. The quantitative estimate of drug-likeness (QED) is 0.463. The molecule has 1 amide bonds. The van der Waals surface area contributed by atoms with E-state index in [1.807, 2.05) is 55.5 Å². The highest BCUT2D eigenvalue weighted by Gasteiger charge is 2.12. The average molecular weight is 431 g/mol. The van der Waals surface area contributed by atoms with E-state index in [2.05, 4.69) is 15.4 Å². The lowest BCUT2D eigenvalue weighted by Crippen LogP contribution is -2.29. The van der Waals surface area contributed by atoms with Crippen LogP contribution in [0.1, 0.15) is 17.5 Å². The van der Waals surface area contributed by atoms with Crippen molar-refractivity contribution in [3.8, 4) is 11.4 Å². The van der Waals surface area contributed by atoms with Crippen LogP contribution in [-0.2, 0) is 17.8 Å². The number of ether oxygens (including phenoxy) is 1. The van der Waals surface area contributed by atoms with Crippen LogP contribution < -0.4 is 15.6 Å². The van der Waals surface area contributed by atoms with Crippen molar-refractivity contribution in [1.82, 2.24) is 24.6 Å².